The number of carbonyl (C=O) groups is 3. The maximum Gasteiger partial charge on any atom is 0.407 e. The smallest absolute Gasteiger partial charge is 0.407 e. The monoisotopic (exact) mass is 377 g/mol. The Morgan fingerprint density at radius 1 is 1.04 bits per heavy atom. The zero-order valence-electron chi connectivity index (χ0n) is 17.4. The summed E-state index contributed by atoms with van der Waals surface area (Å²) in [7, 11) is 0. The molecule has 0 heterocycles. The summed E-state index contributed by atoms with van der Waals surface area (Å²) in [6, 6.07) is 3.79. The first-order chi connectivity index (χ1) is 12.4. The Bertz CT molecular complexity index is 703. The topological polar surface area (TPSA) is 81.7 Å². The second kappa shape index (κ2) is 9.53. The molecule has 0 saturated heterocycles. The molecule has 0 aliphatic carbocycles. The van der Waals surface area contributed by atoms with E-state index in [1.54, 1.807) is 27.7 Å². The van der Waals surface area contributed by atoms with Crippen molar-refractivity contribution in [2.45, 2.75) is 73.0 Å². The average Bonchev–Trinajstić information content (AvgIpc) is 2.52. The van der Waals surface area contributed by atoms with Crippen molar-refractivity contribution in [2.75, 3.05) is 6.54 Å². The van der Waals surface area contributed by atoms with E-state index in [1.165, 1.54) is 0 Å². The van der Waals surface area contributed by atoms with Crippen molar-refractivity contribution in [2.24, 2.45) is 0 Å². The molecule has 0 saturated carbocycles. The number of nitrogens with one attached hydrogen (secondary N) is 1. The molecule has 150 valence electrons. The van der Waals surface area contributed by atoms with Crippen LogP contribution in [0.4, 0.5) is 4.79 Å². The average molecular weight is 377 g/mol. The maximum absolute atomic E-state index is 12.6. The lowest BCUT2D eigenvalue weighted by molar-refractivity contribution is -0.146. The number of ether oxygens (including phenoxy) is 2. The molecule has 0 bridgehead atoms. The maximum atomic E-state index is 12.6. The Labute approximate surface area is 161 Å². The summed E-state index contributed by atoms with van der Waals surface area (Å²) in [4.78, 5) is 36.0. The van der Waals surface area contributed by atoms with Crippen LogP contribution in [-0.2, 0) is 14.3 Å². The highest BCUT2D eigenvalue weighted by molar-refractivity contribution is 6.01. The molecule has 6 heteroatoms. The third kappa shape index (κ3) is 7.81. The normalized spacial score (nSPS) is 12.3. The fourth-order valence-corrected chi connectivity index (χ4v) is 2.49. The van der Waals surface area contributed by atoms with Gasteiger partial charge in [-0.15, -0.1) is 0 Å². The van der Waals surface area contributed by atoms with Gasteiger partial charge >= 0.3 is 12.1 Å². The lowest BCUT2D eigenvalue weighted by Crippen LogP contribution is -2.33. The summed E-state index contributed by atoms with van der Waals surface area (Å²) in [6.45, 7) is 13.0. The molecule has 1 aromatic rings. The predicted molar refractivity (Wildman–Crippen MR) is 104 cm³/mol. The van der Waals surface area contributed by atoms with Crippen LogP contribution in [0.5, 0.6) is 0 Å². The van der Waals surface area contributed by atoms with E-state index in [1.807, 2.05) is 32.9 Å². The van der Waals surface area contributed by atoms with Crippen LogP contribution >= 0.6 is 0 Å². The van der Waals surface area contributed by atoms with E-state index >= 15 is 0 Å². The van der Waals surface area contributed by atoms with Crippen LogP contribution < -0.4 is 5.32 Å². The summed E-state index contributed by atoms with van der Waals surface area (Å²) >= 11 is 0. The van der Waals surface area contributed by atoms with E-state index in [0.717, 1.165) is 16.7 Å². The largest absolute Gasteiger partial charge is 0.454 e. The number of hydrogen-bond acceptors (Lipinski definition) is 5. The van der Waals surface area contributed by atoms with Crippen LogP contribution in [-0.4, -0.2) is 36.1 Å². The van der Waals surface area contributed by atoms with Gasteiger partial charge in [0.2, 0.25) is 5.78 Å². The number of carbonyl (C=O) groups excluding carboxylic acids is 3. The molecule has 0 unspecified atom stereocenters. The van der Waals surface area contributed by atoms with Crippen molar-refractivity contribution < 1.29 is 23.9 Å². The lowest BCUT2D eigenvalue weighted by Gasteiger charge is -2.19. The molecule has 1 aromatic carbocycles. The van der Waals surface area contributed by atoms with Gasteiger partial charge in [-0.2, -0.15) is 0 Å². The van der Waals surface area contributed by atoms with Crippen LogP contribution in [0.2, 0.25) is 0 Å². The van der Waals surface area contributed by atoms with Gasteiger partial charge in [-0.3, -0.25) is 9.59 Å². The third-order valence-corrected chi connectivity index (χ3v) is 4.01. The van der Waals surface area contributed by atoms with Crippen molar-refractivity contribution in [1.82, 2.24) is 5.32 Å². The highest BCUT2D eigenvalue weighted by Gasteiger charge is 2.21. The number of aryl methyl sites for hydroxylation is 3. The number of rotatable bonds is 7. The minimum Gasteiger partial charge on any atom is -0.454 e. The first-order valence-corrected chi connectivity index (χ1v) is 9.19. The van der Waals surface area contributed by atoms with Crippen molar-refractivity contribution in [3.8, 4) is 0 Å². The zero-order valence-corrected chi connectivity index (χ0v) is 17.4. The fraction of sp³-hybridized carbons (Fsp3) is 0.571. The number of benzene rings is 1. The van der Waals surface area contributed by atoms with Gasteiger partial charge in [0.15, 0.2) is 6.10 Å². The van der Waals surface area contributed by atoms with Gasteiger partial charge in [-0.25, -0.2) is 4.79 Å². The molecule has 0 spiro atoms. The second-order valence-electron chi connectivity index (χ2n) is 7.78. The molecule has 0 fully saturated rings. The van der Waals surface area contributed by atoms with Gasteiger partial charge in [0.1, 0.15) is 5.60 Å². The van der Waals surface area contributed by atoms with E-state index in [2.05, 4.69) is 5.32 Å². The van der Waals surface area contributed by atoms with Gasteiger partial charge in [-0.1, -0.05) is 6.07 Å². The molecule has 1 rings (SSSR count). The van der Waals surface area contributed by atoms with Gasteiger partial charge in [-0.05, 0) is 77.6 Å². The molecule has 1 atom stereocenters. The Morgan fingerprint density at radius 3 is 2.22 bits per heavy atom. The van der Waals surface area contributed by atoms with Gasteiger partial charge in [0.05, 0.1) is 0 Å². The van der Waals surface area contributed by atoms with E-state index in [0.29, 0.717) is 18.5 Å². The van der Waals surface area contributed by atoms with Crippen LogP contribution in [0.25, 0.3) is 0 Å². The van der Waals surface area contributed by atoms with Crippen LogP contribution in [0.15, 0.2) is 12.1 Å². The summed E-state index contributed by atoms with van der Waals surface area (Å²) in [5.74, 6) is -0.681. The summed E-state index contributed by atoms with van der Waals surface area (Å²) in [5.41, 5.74) is 3.02. The van der Waals surface area contributed by atoms with Crippen LogP contribution in [0.1, 0.15) is 67.6 Å². The van der Waals surface area contributed by atoms with E-state index in [-0.39, 0.29) is 12.2 Å². The molecular formula is C21H31NO5. The van der Waals surface area contributed by atoms with Gasteiger partial charge in [0, 0.05) is 18.5 Å². The number of amides is 1. The van der Waals surface area contributed by atoms with E-state index < -0.39 is 23.8 Å². The molecule has 0 aliphatic heterocycles. The standard InChI is InChI=1S/C21H31NO5/c1-13-11-15(3)17(12-14(13)2)19(24)16(4)26-18(23)9-8-10-22-20(25)27-21(5,6)7/h11-12,16H,8-10H2,1-7H3,(H,22,25)/t16-/m1/s1. The molecule has 0 radical (unpaired) electrons. The zero-order chi connectivity index (χ0) is 20.8. The minimum atomic E-state index is -0.850. The van der Waals surface area contributed by atoms with Crippen molar-refractivity contribution >= 4 is 17.8 Å². The number of ketones is 1. The highest BCUT2D eigenvalue weighted by Crippen LogP contribution is 2.18. The van der Waals surface area contributed by atoms with E-state index in [9.17, 15) is 14.4 Å². The van der Waals surface area contributed by atoms with Crippen LogP contribution in [0, 0.1) is 20.8 Å². The van der Waals surface area contributed by atoms with E-state index in [4.69, 9.17) is 9.47 Å². The lowest BCUT2D eigenvalue weighted by atomic mass is 9.96. The SMILES string of the molecule is Cc1cc(C)c(C(=O)[C@@H](C)OC(=O)CCCNC(=O)OC(C)(C)C)cc1C. The molecule has 1 amide bonds. The molecule has 1 N–H and O–H groups in total. The Hall–Kier alpha value is -2.37. The highest BCUT2D eigenvalue weighted by atomic mass is 16.6. The van der Waals surface area contributed by atoms with Crippen molar-refractivity contribution in [1.29, 1.82) is 0 Å². The molecule has 27 heavy (non-hydrogen) atoms. The third-order valence-electron chi connectivity index (χ3n) is 4.01. The molecular weight excluding hydrogens is 346 g/mol. The molecule has 0 aliphatic rings. The number of esters is 1. The summed E-state index contributed by atoms with van der Waals surface area (Å²) in [5, 5.41) is 2.58. The quantitative estimate of drug-likeness (QED) is 0.441. The summed E-state index contributed by atoms with van der Waals surface area (Å²) in [6.07, 6.45) is -0.859. The summed E-state index contributed by atoms with van der Waals surface area (Å²) < 4.78 is 10.4. The Balaban J connectivity index is 2.45. The number of Topliss-reactive ketones (excluding diaryl/α,β-unsaturated/α-hetero) is 1. The van der Waals surface area contributed by atoms with Crippen LogP contribution in [0.3, 0.4) is 0 Å². The van der Waals surface area contributed by atoms with Crippen molar-refractivity contribution in [3.63, 3.8) is 0 Å². The van der Waals surface area contributed by atoms with Gasteiger partial charge < -0.3 is 14.8 Å². The minimum absolute atomic E-state index is 0.110. The number of hydrogen-bond donors (Lipinski definition) is 1. The Morgan fingerprint density at radius 2 is 1.63 bits per heavy atom. The van der Waals surface area contributed by atoms with Gasteiger partial charge in [0.25, 0.3) is 0 Å². The fourth-order valence-electron chi connectivity index (χ4n) is 2.49. The predicted octanol–water partition coefficient (Wildman–Crippen LogP) is 4.03. The number of alkyl carbamates (subject to hydrolysis) is 1. The van der Waals surface area contributed by atoms with Crippen molar-refractivity contribution in [3.05, 3.63) is 34.4 Å². The second-order valence-corrected chi connectivity index (χ2v) is 7.78. The molecule has 6 nitrogen and oxygen atoms in total. The Kier molecular flexibility index (Phi) is 8.00. The first kappa shape index (κ1) is 22.7. The molecule has 0 aromatic heterocycles. The first-order valence-electron chi connectivity index (χ1n) is 9.19.